The molecule has 8 heteroatoms. The van der Waals surface area contributed by atoms with E-state index in [4.69, 9.17) is 4.74 Å². The van der Waals surface area contributed by atoms with E-state index in [0.29, 0.717) is 32.5 Å². The Bertz CT molecular complexity index is 1340. The molecule has 0 bridgehead atoms. The molecule has 0 spiro atoms. The highest BCUT2D eigenvalue weighted by Gasteiger charge is 2.60. The van der Waals surface area contributed by atoms with Gasteiger partial charge >= 0.3 is 6.03 Å². The Morgan fingerprint density at radius 2 is 2.05 bits per heavy atom. The summed E-state index contributed by atoms with van der Waals surface area (Å²) in [4.78, 5) is 37.0. The highest BCUT2D eigenvalue weighted by atomic mass is 16.5. The lowest BCUT2D eigenvalue weighted by Gasteiger charge is -2.43. The van der Waals surface area contributed by atoms with Crippen molar-refractivity contribution >= 4 is 22.8 Å². The number of imide groups is 1. The maximum absolute atomic E-state index is 14.0. The minimum Gasteiger partial charge on any atom is -0.494 e. The van der Waals surface area contributed by atoms with Crippen molar-refractivity contribution in [3.05, 3.63) is 65.4 Å². The van der Waals surface area contributed by atoms with Crippen molar-refractivity contribution in [2.75, 3.05) is 32.8 Å². The van der Waals surface area contributed by atoms with Crippen molar-refractivity contribution in [3.8, 4) is 5.75 Å². The molecular formula is C29H34N4O4. The Balaban J connectivity index is 1.43. The molecule has 194 valence electrons. The van der Waals surface area contributed by atoms with Gasteiger partial charge in [-0.25, -0.2) is 4.79 Å². The lowest BCUT2D eigenvalue weighted by atomic mass is 9.80. The van der Waals surface area contributed by atoms with Crippen LogP contribution in [0.15, 0.2) is 54.2 Å². The van der Waals surface area contributed by atoms with Crippen molar-refractivity contribution in [1.29, 1.82) is 0 Å². The first-order valence-corrected chi connectivity index (χ1v) is 13.3. The molecule has 6 rings (SSSR count). The quantitative estimate of drug-likeness (QED) is 0.465. The van der Waals surface area contributed by atoms with Gasteiger partial charge < -0.3 is 14.8 Å². The normalized spacial score (nSPS) is 27.6. The summed E-state index contributed by atoms with van der Waals surface area (Å²) in [5, 5.41) is 11.5. The standard InChI is InChI=1S/C29H34N4O4/c1-3-37-21-10-11-24-22(17-21)23-18-29(2)27(35)32(15-14-31-12-5-4-6-13-31)28(36)33(29)26(25(23)30-24)19-8-7-9-20(34)16-19/h4-5,7-8,10-11,16-17,20,26,30,34H,3,6,9,12-15,18H2,1-2H3/t20?,26-,29+/m1/s1. The molecule has 0 radical (unpaired) electrons. The van der Waals surface area contributed by atoms with Crippen molar-refractivity contribution in [2.24, 2.45) is 0 Å². The zero-order chi connectivity index (χ0) is 25.7. The number of carbonyl (C=O) groups excluding carboxylic acids is 2. The van der Waals surface area contributed by atoms with Crippen LogP contribution < -0.4 is 4.74 Å². The maximum Gasteiger partial charge on any atom is 0.328 e. The summed E-state index contributed by atoms with van der Waals surface area (Å²) in [6, 6.07) is 5.18. The first kappa shape index (κ1) is 24.0. The van der Waals surface area contributed by atoms with Gasteiger partial charge in [0, 0.05) is 49.2 Å². The van der Waals surface area contributed by atoms with Crippen molar-refractivity contribution < 1.29 is 19.4 Å². The van der Waals surface area contributed by atoms with Crippen molar-refractivity contribution in [2.45, 2.75) is 50.8 Å². The van der Waals surface area contributed by atoms with Crippen LogP contribution in [0.5, 0.6) is 5.75 Å². The molecule has 1 aromatic carbocycles. The summed E-state index contributed by atoms with van der Waals surface area (Å²) < 4.78 is 5.77. The number of H-pyrrole nitrogens is 1. The van der Waals surface area contributed by atoms with E-state index in [1.165, 1.54) is 4.90 Å². The van der Waals surface area contributed by atoms with Gasteiger partial charge in [-0.1, -0.05) is 30.4 Å². The number of urea groups is 1. The Kier molecular flexibility index (Phi) is 5.96. The summed E-state index contributed by atoms with van der Waals surface area (Å²) in [5.41, 5.74) is 2.67. The second kappa shape index (κ2) is 9.19. The van der Waals surface area contributed by atoms with Crippen molar-refractivity contribution in [1.82, 2.24) is 19.7 Å². The van der Waals surface area contributed by atoms with E-state index >= 15 is 0 Å². The third kappa shape index (κ3) is 3.90. The number of aliphatic hydroxyl groups excluding tert-OH is 1. The Morgan fingerprint density at radius 1 is 1.19 bits per heavy atom. The number of benzene rings is 1. The number of rotatable bonds is 6. The molecule has 1 saturated heterocycles. The molecule has 4 aliphatic rings. The van der Waals surface area contributed by atoms with E-state index < -0.39 is 17.7 Å². The van der Waals surface area contributed by atoms with Crippen LogP contribution in [0.2, 0.25) is 0 Å². The first-order chi connectivity index (χ1) is 17.9. The number of amides is 3. The van der Waals surface area contributed by atoms with Crippen molar-refractivity contribution in [3.63, 3.8) is 0 Å². The van der Waals surface area contributed by atoms with Gasteiger partial charge in [-0.2, -0.15) is 0 Å². The number of nitrogens with zero attached hydrogens (tertiary/aromatic N) is 3. The van der Waals surface area contributed by atoms with Crippen LogP contribution in [0, 0.1) is 0 Å². The topological polar surface area (TPSA) is 89.1 Å². The number of fused-ring (bicyclic) bond motifs is 4. The van der Waals surface area contributed by atoms with Gasteiger partial charge in [-0.15, -0.1) is 0 Å². The summed E-state index contributed by atoms with van der Waals surface area (Å²) in [7, 11) is 0. The Labute approximate surface area is 216 Å². The largest absolute Gasteiger partial charge is 0.494 e. The predicted octanol–water partition coefficient (Wildman–Crippen LogP) is 3.70. The minimum absolute atomic E-state index is 0.156. The molecule has 3 atom stereocenters. The number of nitrogens with one attached hydrogen (secondary N) is 1. The lowest BCUT2D eigenvalue weighted by Crippen LogP contribution is -2.53. The van der Waals surface area contributed by atoms with Gasteiger partial charge in [-0.3, -0.25) is 19.5 Å². The molecule has 2 aromatic rings. The molecule has 1 aromatic heterocycles. The van der Waals surface area contributed by atoms with Gasteiger partial charge in [0.1, 0.15) is 17.3 Å². The third-order valence-corrected chi connectivity index (χ3v) is 8.12. The monoisotopic (exact) mass is 502 g/mol. The lowest BCUT2D eigenvalue weighted by molar-refractivity contribution is -0.133. The molecule has 3 aliphatic heterocycles. The molecule has 0 saturated carbocycles. The number of aliphatic hydroxyl groups is 1. The molecule has 3 amide bonds. The molecule has 1 fully saturated rings. The van der Waals surface area contributed by atoms with E-state index in [1.807, 2.05) is 50.3 Å². The fourth-order valence-corrected chi connectivity index (χ4v) is 6.30. The van der Waals surface area contributed by atoms with E-state index in [2.05, 4.69) is 22.0 Å². The fraction of sp³-hybridized carbons (Fsp3) is 0.448. The average molecular weight is 503 g/mol. The van der Waals surface area contributed by atoms with Crippen LogP contribution in [0.25, 0.3) is 10.9 Å². The van der Waals surface area contributed by atoms with Gasteiger partial charge in [0.25, 0.3) is 5.91 Å². The highest BCUT2D eigenvalue weighted by Crippen LogP contribution is 2.49. The Hall–Kier alpha value is -3.36. The molecule has 2 N–H and O–H groups in total. The van der Waals surface area contributed by atoms with E-state index in [0.717, 1.165) is 53.0 Å². The van der Waals surface area contributed by atoms with Crippen LogP contribution in [-0.4, -0.2) is 81.2 Å². The molecule has 8 nitrogen and oxygen atoms in total. The maximum atomic E-state index is 14.0. The number of aromatic amines is 1. The minimum atomic E-state index is -1.02. The summed E-state index contributed by atoms with van der Waals surface area (Å²) >= 11 is 0. The predicted molar refractivity (Wildman–Crippen MR) is 141 cm³/mol. The second-order valence-corrected chi connectivity index (χ2v) is 10.6. The zero-order valence-electron chi connectivity index (χ0n) is 21.4. The van der Waals surface area contributed by atoms with Gasteiger partial charge in [0.05, 0.1) is 12.7 Å². The first-order valence-electron chi connectivity index (χ1n) is 13.3. The average Bonchev–Trinajstić information content (AvgIpc) is 3.33. The number of hydrogen-bond donors (Lipinski definition) is 2. The molecule has 37 heavy (non-hydrogen) atoms. The van der Waals surface area contributed by atoms with Gasteiger partial charge in [-0.05, 0) is 56.0 Å². The van der Waals surface area contributed by atoms with E-state index in [1.54, 1.807) is 4.90 Å². The molecule has 4 heterocycles. The number of aromatic nitrogens is 1. The molecule has 1 unspecified atom stereocenters. The van der Waals surface area contributed by atoms with Gasteiger partial charge in [0.15, 0.2) is 0 Å². The van der Waals surface area contributed by atoms with Crippen LogP contribution in [0.1, 0.15) is 44.0 Å². The van der Waals surface area contributed by atoms with Crippen LogP contribution in [-0.2, 0) is 11.2 Å². The van der Waals surface area contributed by atoms with Crippen LogP contribution >= 0.6 is 0 Å². The second-order valence-electron chi connectivity index (χ2n) is 10.6. The summed E-state index contributed by atoms with van der Waals surface area (Å²) in [5.74, 6) is 0.621. The summed E-state index contributed by atoms with van der Waals surface area (Å²) in [6.45, 7) is 7.21. The number of hydrogen-bond acceptors (Lipinski definition) is 5. The van der Waals surface area contributed by atoms with Crippen LogP contribution in [0.3, 0.4) is 0 Å². The number of carbonyl (C=O) groups is 2. The zero-order valence-corrected chi connectivity index (χ0v) is 21.4. The smallest absolute Gasteiger partial charge is 0.328 e. The highest BCUT2D eigenvalue weighted by molar-refractivity contribution is 6.08. The van der Waals surface area contributed by atoms with Crippen LogP contribution in [0.4, 0.5) is 4.79 Å². The van der Waals surface area contributed by atoms with Gasteiger partial charge in [0.2, 0.25) is 0 Å². The summed E-state index contributed by atoms with van der Waals surface area (Å²) in [6.07, 6.45) is 11.4. The number of ether oxygens (including phenoxy) is 1. The fourth-order valence-electron chi connectivity index (χ4n) is 6.30. The Morgan fingerprint density at radius 3 is 2.81 bits per heavy atom. The SMILES string of the molecule is CCOc1ccc2[nH]c3c(c2c1)C[C@@]1(C)C(=O)N(CCN2CC=CCC2)C(=O)N1[C@@H]3C1=CC(O)CC=C1. The van der Waals surface area contributed by atoms with E-state index in [9.17, 15) is 14.7 Å². The third-order valence-electron chi connectivity index (χ3n) is 8.12. The molecular weight excluding hydrogens is 468 g/mol. The molecule has 1 aliphatic carbocycles. The van der Waals surface area contributed by atoms with E-state index in [-0.39, 0.29) is 11.9 Å².